The van der Waals surface area contributed by atoms with Crippen molar-refractivity contribution in [2.75, 3.05) is 87.7 Å². The number of aromatic nitrogens is 3. The molecule has 4 aromatic carbocycles. The smallest absolute Gasteiger partial charge is 0.444 e. The Morgan fingerprint density at radius 2 is 0.830 bits per heavy atom. The van der Waals surface area contributed by atoms with E-state index >= 15 is 13.2 Å². The summed E-state index contributed by atoms with van der Waals surface area (Å²) in [5.41, 5.74) is 6.13. The van der Waals surface area contributed by atoms with Crippen molar-refractivity contribution in [2.45, 2.75) is 181 Å². The Kier molecular flexibility index (Phi) is 23.0. The molecule has 574 valence electrons. The van der Waals surface area contributed by atoms with Crippen LogP contribution in [0.5, 0.6) is 5.75 Å². The Morgan fingerprint density at radius 1 is 0.491 bits per heavy atom. The number of halogens is 6. The number of pyridine rings is 3. The molecular weight excluding hydrogens is 1400 g/mol. The molecule has 3 saturated carbocycles. The summed E-state index contributed by atoms with van der Waals surface area (Å²) in [6.45, 7) is 23.1. The third-order valence-corrected chi connectivity index (χ3v) is 21.3. The van der Waals surface area contributed by atoms with Crippen molar-refractivity contribution in [3.8, 4) is 5.75 Å². The van der Waals surface area contributed by atoms with E-state index in [1.807, 2.05) is 56.5 Å². The average Bonchev–Trinajstić information content (AvgIpc) is 1.47. The molecular formula is C77H97F6N11O11S. The third-order valence-electron chi connectivity index (χ3n) is 20.1. The molecule has 3 saturated heterocycles. The molecule has 5 N–H and O–H groups in total. The summed E-state index contributed by atoms with van der Waals surface area (Å²) < 4.78 is 132. The zero-order chi connectivity index (χ0) is 76.8. The van der Waals surface area contributed by atoms with Crippen LogP contribution in [-0.2, 0) is 37.5 Å². The van der Waals surface area contributed by atoms with Crippen LogP contribution in [0.4, 0.5) is 53.0 Å². The molecule has 22 nitrogen and oxygen atoms in total. The summed E-state index contributed by atoms with van der Waals surface area (Å²) in [6, 6.07) is 15.1. The second-order valence-electron chi connectivity index (χ2n) is 31.0. The molecule has 0 spiro atoms. The number of aryl methyl sites for hydroxylation is 4. The number of anilines is 3. The van der Waals surface area contributed by atoms with E-state index in [2.05, 4.69) is 26.2 Å². The fraction of sp³-hybridized carbons (Fsp3) is 0.532. The van der Waals surface area contributed by atoms with Gasteiger partial charge in [-0.2, -0.15) is 21.6 Å². The molecule has 6 aliphatic rings. The van der Waals surface area contributed by atoms with Gasteiger partial charge < -0.3 is 68.6 Å². The molecule has 7 aromatic rings. The van der Waals surface area contributed by atoms with Crippen LogP contribution in [0, 0.1) is 62.9 Å². The van der Waals surface area contributed by atoms with E-state index in [1.165, 1.54) is 24.3 Å². The molecule has 3 amide bonds. The summed E-state index contributed by atoms with van der Waals surface area (Å²) in [5.74, 6) is -3.32. The minimum absolute atomic E-state index is 0.0169. The summed E-state index contributed by atoms with van der Waals surface area (Å²) in [4.78, 5) is 80.0. The SMILES string of the molecule is CNCc1cc(=O)n(C2CC2)c2c(C)c(N3CCC(CNC(=O)C(F)(F)F)C3)c(F)cc12.CNCc1cc(=O)n(C2CC2)c2c(C)c(N3CCC(CNC(=O)OC(C)(C)C)C3)c(F)cc12.Cc1ccc(S(=O)(=O)Oc2cc(=O)n(C3CC3)c3c(C)c(N4CCC(CNC(=O)OC(C)(C)C)C4)c(F)cc23)cc1. The lowest BCUT2D eigenvalue weighted by atomic mass is 10.0. The highest BCUT2D eigenvalue weighted by Gasteiger charge is 2.41. The second-order valence-corrected chi connectivity index (χ2v) is 32.6. The number of nitrogens with zero attached hydrogens (tertiary/aromatic N) is 6. The van der Waals surface area contributed by atoms with Crippen molar-refractivity contribution in [1.82, 2.24) is 40.3 Å². The van der Waals surface area contributed by atoms with Crippen LogP contribution in [0.1, 0.15) is 151 Å². The van der Waals surface area contributed by atoms with E-state index in [-0.39, 0.29) is 75.4 Å². The van der Waals surface area contributed by atoms with E-state index in [4.69, 9.17) is 13.7 Å². The molecule has 6 fully saturated rings. The molecule has 3 atom stereocenters. The van der Waals surface area contributed by atoms with Crippen molar-refractivity contribution in [1.29, 1.82) is 0 Å². The van der Waals surface area contributed by atoms with Gasteiger partial charge in [-0.15, -0.1) is 0 Å². The Hall–Kier alpha value is -8.83. The Labute approximate surface area is 612 Å². The van der Waals surface area contributed by atoms with Gasteiger partial charge in [0.1, 0.15) is 33.5 Å². The number of carbonyl (C=O) groups is 3. The van der Waals surface area contributed by atoms with Crippen molar-refractivity contribution < 1.29 is 62.8 Å². The van der Waals surface area contributed by atoms with Gasteiger partial charge in [0.2, 0.25) is 0 Å². The minimum atomic E-state index is -4.92. The number of alkyl halides is 3. The maximum Gasteiger partial charge on any atom is 0.471 e. The number of benzene rings is 4. The molecule has 106 heavy (non-hydrogen) atoms. The lowest BCUT2D eigenvalue weighted by Gasteiger charge is -2.25. The molecule has 6 heterocycles. The molecule has 13 rings (SSSR count). The normalized spacial score (nSPS) is 18.4. The van der Waals surface area contributed by atoms with E-state index in [0.29, 0.717) is 111 Å². The van der Waals surface area contributed by atoms with Crippen LogP contribution >= 0.6 is 0 Å². The number of rotatable bonds is 19. The van der Waals surface area contributed by atoms with E-state index in [9.17, 15) is 50.4 Å². The minimum Gasteiger partial charge on any atom is -0.444 e. The van der Waals surface area contributed by atoms with E-state index in [1.54, 1.807) is 86.0 Å². The lowest BCUT2D eigenvalue weighted by Crippen LogP contribution is -2.39. The highest BCUT2D eigenvalue weighted by Crippen LogP contribution is 2.45. The second kappa shape index (κ2) is 31.2. The molecule has 0 bridgehead atoms. The number of alkyl carbamates (subject to hydrolysis) is 2. The fourth-order valence-corrected chi connectivity index (χ4v) is 15.9. The number of nitrogens with one attached hydrogen (secondary N) is 5. The average molecular weight is 1500 g/mol. The highest BCUT2D eigenvalue weighted by atomic mass is 32.2. The van der Waals surface area contributed by atoms with Gasteiger partial charge >= 0.3 is 34.4 Å². The summed E-state index contributed by atoms with van der Waals surface area (Å²) in [5, 5.41) is 15.4. The van der Waals surface area contributed by atoms with E-state index in [0.717, 1.165) is 96.1 Å². The molecule has 3 unspecified atom stereocenters. The number of carbonyl (C=O) groups excluding carboxylic acids is 3. The first-order valence-electron chi connectivity index (χ1n) is 36.4. The number of ether oxygens (including phenoxy) is 2. The van der Waals surface area contributed by atoms with Gasteiger partial charge in [-0.1, -0.05) is 17.7 Å². The van der Waals surface area contributed by atoms with Crippen molar-refractivity contribution in [3.05, 3.63) is 143 Å². The Bertz CT molecular complexity index is 4830. The quantitative estimate of drug-likeness (QED) is 0.0373. The predicted molar refractivity (Wildman–Crippen MR) is 397 cm³/mol. The summed E-state index contributed by atoms with van der Waals surface area (Å²) in [7, 11) is -0.679. The van der Waals surface area contributed by atoms with Gasteiger partial charge in [0, 0.05) is 124 Å². The standard InChI is InChI=1S/C30H36FN3O6S.C25H35FN4O3.C22H26F4N4O2/c1-18-6-10-22(11-7-18)41(37,38)40-25-15-26(35)34(21-8-9-21)27-19(2)28(24(31)14-23(25)27)33-13-12-20(17-33)16-32-29(36)39-30(3,4)5;1-15-22-19(17(13-27-5)10-21(31)30(22)18-6-7-18)11-20(26)23(15)29-9-8-16(14-29)12-28-24(32)33-25(2,3)4;1-12-19-16(14(10-27-2)7-18(31)30(19)15-3-4-15)8-17(23)20(12)29-6-5-13(11-29)9-28-21(32)22(24,25)26/h6-7,10-11,14-15,20-21H,8-9,12-13,16-17H2,1-5H3,(H,32,36);10-11,16,18,27H,6-9,12-14H2,1-5H3,(H,28,32);7-8,13,15,27H,3-6,9-11H2,1-2H3,(H,28,32). The zero-order valence-corrected chi connectivity index (χ0v) is 63.0. The van der Waals surface area contributed by atoms with Crippen LogP contribution in [0.15, 0.2) is 79.9 Å². The van der Waals surface area contributed by atoms with E-state index < -0.39 is 62.8 Å². The van der Waals surface area contributed by atoms with Gasteiger partial charge in [0.05, 0.1) is 33.6 Å². The first-order valence-corrected chi connectivity index (χ1v) is 37.8. The Balaban J connectivity index is 0.000000160. The first-order chi connectivity index (χ1) is 49.9. The molecule has 3 aliphatic heterocycles. The first kappa shape index (κ1) is 78.2. The zero-order valence-electron chi connectivity index (χ0n) is 62.2. The maximum atomic E-state index is 15.9. The molecule has 3 aliphatic carbocycles. The lowest BCUT2D eigenvalue weighted by molar-refractivity contribution is -0.173. The number of amides is 3. The van der Waals surface area contributed by atoms with Gasteiger partial charge in [-0.3, -0.25) is 19.2 Å². The van der Waals surface area contributed by atoms with Gasteiger partial charge in [0.25, 0.3) is 16.7 Å². The largest absolute Gasteiger partial charge is 0.471 e. The van der Waals surface area contributed by atoms with Gasteiger partial charge in [0.15, 0.2) is 5.75 Å². The van der Waals surface area contributed by atoms with Crippen LogP contribution in [0.2, 0.25) is 0 Å². The van der Waals surface area contributed by atoms with Crippen molar-refractivity contribution in [2.24, 2.45) is 17.8 Å². The monoisotopic (exact) mass is 1500 g/mol. The molecule has 0 radical (unpaired) electrons. The number of fused-ring (bicyclic) bond motifs is 3. The van der Waals surface area contributed by atoms with Crippen molar-refractivity contribution >= 4 is 78.0 Å². The van der Waals surface area contributed by atoms with Gasteiger partial charge in [-0.05, 0) is 217 Å². The highest BCUT2D eigenvalue weighted by molar-refractivity contribution is 7.87. The Morgan fingerprint density at radius 3 is 1.17 bits per heavy atom. The molecule has 29 heteroatoms. The topological polar surface area (TPSA) is 249 Å². The van der Waals surface area contributed by atoms with Crippen LogP contribution < -0.4 is 62.1 Å². The van der Waals surface area contributed by atoms with Crippen LogP contribution in [0.25, 0.3) is 32.7 Å². The predicted octanol–water partition coefficient (Wildman–Crippen LogP) is 12.1. The van der Waals surface area contributed by atoms with Gasteiger partial charge in [-0.25, -0.2) is 22.8 Å². The molecule has 3 aromatic heterocycles. The van der Waals surface area contributed by atoms with Crippen LogP contribution in [-0.4, -0.2) is 131 Å². The summed E-state index contributed by atoms with van der Waals surface area (Å²) >= 11 is 0. The maximum absolute atomic E-state index is 15.9. The van der Waals surface area contributed by atoms with Crippen LogP contribution in [0.3, 0.4) is 0 Å². The third kappa shape index (κ3) is 17.9. The summed E-state index contributed by atoms with van der Waals surface area (Å²) in [6.07, 6.45) is 1.65. The fourth-order valence-electron chi connectivity index (χ4n) is 15.0. The number of hydrogen-bond donors (Lipinski definition) is 5. The number of hydrogen-bond acceptors (Lipinski definition) is 16. The van der Waals surface area contributed by atoms with Crippen molar-refractivity contribution in [3.63, 3.8) is 0 Å².